The predicted octanol–water partition coefficient (Wildman–Crippen LogP) is 2.65. The zero-order chi connectivity index (χ0) is 19.0. The lowest BCUT2D eigenvalue weighted by molar-refractivity contribution is -0.117. The van der Waals surface area contributed by atoms with Gasteiger partial charge in [-0.1, -0.05) is 6.07 Å². The lowest BCUT2D eigenvalue weighted by atomic mass is 10.1. The zero-order valence-electron chi connectivity index (χ0n) is 14.8. The van der Waals surface area contributed by atoms with E-state index in [0.717, 1.165) is 25.1 Å². The van der Waals surface area contributed by atoms with Gasteiger partial charge in [0.1, 0.15) is 6.04 Å². The fraction of sp³-hybridized carbons (Fsp3) is 0.250. The van der Waals surface area contributed by atoms with Crippen molar-refractivity contribution in [1.29, 1.82) is 0 Å². The zero-order valence-corrected chi connectivity index (χ0v) is 14.8. The Labute approximate surface area is 156 Å². The van der Waals surface area contributed by atoms with Crippen LogP contribution < -0.4 is 15.5 Å². The van der Waals surface area contributed by atoms with Gasteiger partial charge in [-0.2, -0.15) is 0 Å². The molecule has 2 aromatic carbocycles. The quantitative estimate of drug-likeness (QED) is 0.817. The molecular formula is C20H19N3O4. The molecule has 1 fully saturated rings. The second kappa shape index (κ2) is 6.75. The van der Waals surface area contributed by atoms with Gasteiger partial charge in [0.05, 0.1) is 24.0 Å². The van der Waals surface area contributed by atoms with Gasteiger partial charge in [-0.3, -0.25) is 9.59 Å². The second-order valence-electron chi connectivity index (χ2n) is 6.60. The summed E-state index contributed by atoms with van der Waals surface area (Å²) in [5, 5.41) is 5.67. The first-order valence-corrected chi connectivity index (χ1v) is 8.78. The first-order valence-electron chi connectivity index (χ1n) is 8.78. The maximum Gasteiger partial charge on any atom is 0.337 e. The van der Waals surface area contributed by atoms with Gasteiger partial charge in [-0.05, 0) is 49.2 Å². The molecule has 2 amide bonds. The number of carbonyl (C=O) groups excluding carboxylic acids is 3. The number of hydrogen-bond donors (Lipinski definition) is 2. The number of nitrogens with one attached hydrogen (secondary N) is 2. The van der Waals surface area contributed by atoms with Crippen LogP contribution in [0.1, 0.15) is 33.6 Å². The number of rotatable bonds is 3. The molecule has 2 aliphatic rings. The first-order chi connectivity index (χ1) is 13.1. The lowest BCUT2D eigenvalue weighted by Crippen LogP contribution is -2.43. The molecule has 27 heavy (non-hydrogen) atoms. The van der Waals surface area contributed by atoms with Crippen LogP contribution in [0.4, 0.5) is 17.1 Å². The standard InChI is InChI=1S/C20H19N3O4/c1-27-20(26)13-4-2-5-14(10-13)21-18(24)12-7-8-16-15(11-12)22-19(25)17-6-3-9-23(16)17/h2,4-5,7-8,10-11,17H,3,6,9H2,1H3,(H,21,24)(H,22,25)/t17-/m1/s1. The monoisotopic (exact) mass is 365 g/mol. The highest BCUT2D eigenvalue weighted by atomic mass is 16.5. The van der Waals surface area contributed by atoms with Gasteiger partial charge in [0.25, 0.3) is 5.91 Å². The molecule has 1 atom stereocenters. The van der Waals surface area contributed by atoms with Crippen molar-refractivity contribution in [3.63, 3.8) is 0 Å². The number of benzene rings is 2. The van der Waals surface area contributed by atoms with Crippen molar-refractivity contribution in [2.45, 2.75) is 18.9 Å². The number of esters is 1. The van der Waals surface area contributed by atoms with Crippen molar-refractivity contribution < 1.29 is 19.1 Å². The van der Waals surface area contributed by atoms with Gasteiger partial charge in [0.15, 0.2) is 0 Å². The fourth-order valence-corrected chi connectivity index (χ4v) is 3.62. The van der Waals surface area contributed by atoms with Crippen LogP contribution in [-0.4, -0.2) is 37.5 Å². The molecular weight excluding hydrogens is 346 g/mol. The molecule has 7 heteroatoms. The van der Waals surface area contributed by atoms with Gasteiger partial charge in [-0.15, -0.1) is 0 Å². The van der Waals surface area contributed by atoms with E-state index in [1.807, 2.05) is 6.07 Å². The highest BCUT2D eigenvalue weighted by Crippen LogP contribution is 2.37. The minimum Gasteiger partial charge on any atom is -0.465 e. The molecule has 0 unspecified atom stereocenters. The van der Waals surface area contributed by atoms with E-state index in [1.165, 1.54) is 7.11 Å². The third-order valence-electron chi connectivity index (χ3n) is 4.92. The SMILES string of the molecule is COC(=O)c1cccc(NC(=O)c2ccc3c(c2)NC(=O)[C@H]2CCCN32)c1. The summed E-state index contributed by atoms with van der Waals surface area (Å²) in [7, 11) is 1.31. The smallest absolute Gasteiger partial charge is 0.337 e. The summed E-state index contributed by atoms with van der Waals surface area (Å²) in [5.74, 6) is -0.816. The number of hydrogen-bond acceptors (Lipinski definition) is 5. The molecule has 0 spiro atoms. The fourth-order valence-electron chi connectivity index (χ4n) is 3.62. The molecule has 2 heterocycles. The summed E-state index contributed by atoms with van der Waals surface area (Å²) >= 11 is 0. The highest BCUT2D eigenvalue weighted by Gasteiger charge is 2.36. The maximum absolute atomic E-state index is 12.6. The number of fused-ring (bicyclic) bond motifs is 3. The summed E-state index contributed by atoms with van der Waals surface area (Å²) in [6, 6.07) is 11.7. The third-order valence-corrected chi connectivity index (χ3v) is 4.92. The normalized spacial score (nSPS) is 17.6. The van der Waals surface area contributed by atoms with Crippen molar-refractivity contribution in [2.24, 2.45) is 0 Å². The molecule has 0 saturated carbocycles. The van der Waals surface area contributed by atoms with E-state index in [2.05, 4.69) is 15.5 Å². The summed E-state index contributed by atoms with van der Waals surface area (Å²) in [5.41, 5.74) is 2.86. The van der Waals surface area contributed by atoms with Crippen molar-refractivity contribution in [3.05, 3.63) is 53.6 Å². The number of amides is 2. The first kappa shape index (κ1) is 17.1. The summed E-state index contributed by atoms with van der Waals surface area (Å²) < 4.78 is 4.69. The Hall–Kier alpha value is -3.35. The Morgan fingerprint density at radius 2 is 2.04 bits per heavy atom. The largest absolute Gasteiger partial charge is 0.465 e. The van der Waals surface area contributed by atoms with Crippen LogP contribution >= 0.6 is 0 Å². The highest BCUT2D eigenvalue weighted by molar-refractivity contribution is 6.09. The van der Waals surface area contributed by atoms with Crippen molar-refractivity contribution >= 4 is 34.8 Å². The average Bonchev–Trinajstić information content (AvgIpc) is 3.18. The van der Waals surface area contributed by atoms with Crippen LogP contribution in [0.3, 0.4) is 0 Å². The predicted molar refractivity (Wildman–Crippen MR) is 101 cm³/mol. The average molecular weight is 365 g/mol. The molecule has 2 aromatic rings. The molecule has 0 aromatic heterocycles. The van der Waals surface area contributed by atoms with Gasteiger partial charge >= 0.3 is 5.97 Å². The van der Waals surface area contributed by atoms with Crippen LogP contribution in [-0.2, 0) is 9.53 Å². The van der Waals surface area contributed by atoms with E-state index < -0.39 is 5.97 Å². The van der Waals surface area contributed by atoms with E-state index in [0.29, 0.717) is 22.5 Å². The second-order valence-corrected chi connectivity index (χ2v) is 6.60. The Morgan fingerprint density at radius 1 is 1.19 bits per heavy atom. The molecule has 2 N–H and O–H groups in total. The molecule has 0 bridgehead atoms. The summed E-state index contributed by atoms with van der Waals surface area (Å²) in [6.07, 6.45) is 1.83. The van der Waals surface area contributed by atoms with Crippen molar-refractivity contribution in [3.8, 4) is 0 Å². The molecule has 0 aliphatic carbocycles. The molecule has 4 rings (SSSR count). The minimum atomic E-state index is -0.470. The molecule has 1 saturated heterocycles. The maximum atomic E-state index is 12.6. The number of methoxy groups -OCH3 is 1. The van der Waals surface area contributed by atoms with Crippen LogP contribution in [0, 0.1) is 0 Å². The Morgan fingerprint density at radius 3 is 2.85 bits per heavy atom. The van der Waals surface area contributed by atoms with E-state index in [-0.39, 0.29) is 17.9 Å². The van der Waals surface area contributed by atoms with Crippen LogP contribution in [0.15, 0.2) is 42.5 Å². The minimum absolute atomic E-state index is 0.0247. The van der Waals surface area contributed by atoms with Crippen LogP contribution in [0.25, 0.3) is 0 Å². The molecule has 138 valence electrons. The Balaban J connectivity index is 1.56. The molecule has 0 radical (unpaired) electrons. The molecule has 7 nitrogen and oxygen atoms in total. The number of ether oxygens (including phenoxy) is 1. The Kier molecular flexibility index (Phi) is 4.27. The van der Waals surface area contributed by atoms with Crippen LogP contribution in [0.2, 0.25) is 0 Å². The van der Waals surface area contributed by atoms with Gasteiger partial charge < -0.3 is 20.3 Å². The summed E-state index contributed by atoms with van der Waals surface area (Å²) in [6.45, 7) is 0.844. The van der Waals surface area contributed by atoms with Crippen molar-refractivity contribution in [1.82, 2.24) is 0 Å². The molecule has 2 aliphatic heterocycles. The summed E-state index contributed by atoms with van der Waals surface area (Å²) in [4.78, 5) is 38.6. The Bertz CT molecular complexity index is 941. The number of nitrogens with zero attached hydrogens (tertiary/aromatic N) is 1. The lowest BCUT2D eigenvalue weighted by Gasteiger charge is -2.33. The van der Waals surface area contributed by atoms with Crippen molar-refractivity contribution in [2.75, 3.05) is 29.2 Å². The van der Waals surface area contributed by atoms with Crippen LogP contribution in [0.5, 0.6) is 0 Å². The van der Waals surface area contributed by atoms with Gasteiger partial charge in [0.2, 0.25) is 5.91 Å². The van der Waals surface area contributed by atoms with Gasteiger partial charge in [0, 0.05) is 17.8 Å². The van der Waals surface area contributed by atoms with E-state index >= 15 is 0 Å². The van der Waals surface area contributed by atoms with E-state index in [1.54, 1.807) is 36.4 Å². The third kappa shape index (κ3) is 3.12. The van der Waals surface area contributed by atoms with E-state index in [4.69, 9.17) is 4.74 Å². The number of carbonyl (C=O) groups is 3. The van der Waals surface area contributed by atoms with Gasteiger partial charge in [-0.25, -0.2) is 4.79 Å². The van der Waals surface area contributed by atoms with E-state index in [9.17, 15) is 14.4 Å². The topological polar surface area (TPSA) is 87.7 Å². The number of anilines is 3.